The van der Waals surface area contributed by atoms with Gasteiger partial charge in [0, 0.05) is 48.3 Å². The third-order valence-corrected chi connectivity index (χ3v) is 9.30. The third-order valence-electron chi connectivity index (χ3n) is 9.30. The number of aryl methyl sites for hydroxylation is 1. The molecule has 6 rings (SSSR count). The number of carbonyl (C=O) groups excluding carboxylic acids is 2. The Labute approximate surface area is 256 Å². The Morgan fingerprint density at radius 1 is 1.09 bits per heavy atom. The van der Waals surface area contributed by atoms with Crippen molar-refractivity contribution in [2.75, 3.05) is 19.6 Å². The van der Waals surface area contributed by atoms with Gasteiger partial charge in [-0.1, -0.05) is 32.0 Å². The number of aromatic nitrogens is 3. The summed E-state index contributed by atoms with van der Waals surface area (Å²) in [7, 11) is 0. The van der Waals surface area contributed by atoms with Crippen molar-refractivity contribution in [2.24, 2.45) is 5.92 Å². The molecule has 4 heterocycles. The molecule has 0 spiro atoms. The standard InChI is InChI=1S/C33H35F4N5O3/c1-18(2)23-12-20-6-7-22(32(45)42(17-33(35,36)37)16-26(20)25-15-38-40-30(23)25)14-28(43)41-10-8-19(9-11-41)24-13-21-4-3-5-27(34)29(21)39-31(24)44/h3-5,12-13,15,18-19,22H,6-11,14,16-17H2,1-2H3,(H,38,40)(H,39,44)/t22-/m0/s1. The van der Waals surface area contributed by atoms with Crippen LogP contribution in [0.4, 0.5) is 17.6 Å². The predicted molar refractivity (Wildman–Crippen MR) is 161 cm³/mol. The molecule has 4 aromatic rings. The number of rotatable bonds is 5. The topological polar surface area (TPSA) is 102 Å². The molecule has 2 aliphatic heterocycles. The Bertz CT molecular complexity index is 1820. The van der Waals surface area contributed by atoms with Crippen LogP contribution in [0.1, 0.15) is 73.6 Å². The Morgan fingerprint density at radius 3 is 2.56 bits per heavy atom. The zero-order valence-electron chi connectivity index (χ0n) is 25.1. The number of nitrogens with zero attached hydrogens (tertiary/aromatic N) is 3. The number of benzene rings is 2. The molecule has 1 atom stereocenters. The van der Waals surface area contributed by atoms with Crippen LogP contribution in [-0.2, 0) is 22.6 Å². The van der Waals surface area contributed by atoms with Crippen molar-refractivity contribution < 1.29 is 27.2 Å². The van der Waals surface area contributed by atoms with Gasteiger partial charge in [-0.05, 0) is 66.3 Å². The lowest BCUT2D eigenvalue weighted by Crippen LogP contribution is -2.45. The highest BCUT2D eigenvalue weighted by molar-refractivity contribution is 5.89. The Morgan fingerprint density at radius 2 is 1.84 bits per heavy atom. The van der Waals surface area contributed by atoms with E-state index in [9.17, 15) is 31.9 Å². The van der Waals surface area contributed by atoms with Crippen molar-refractivity contribution in [3.8, 4) is 0 Å². The summed E-state index contributed by atoms with van der Waals surface area (Å²) in [5, 5.41) is 8.41. The highest BCUT2D eigenvalue weighted by atomic mass is 19.4. The molecule has 0 radical (unpaired) electrons. The fraction of sp³-hybridized carbons (Fsp3) is 0.455. The molecular weight excluding hydrogens is 590 g/mol. The number of aromatic amines is 2. The van der Waals surface area contributed by atoms with E-state index < -0.39 is 30.4 Å². The van der Waals surface area contributed by atoms with Gasteiger partial charge in [0.1, 0.15) is 12.4 Å². The number of alkyl halides is 3. The second-order valence-electron chi connectivity index (χ2n) is 12.6. The summed E-state index contributed by atoms with van der Waals surface area (Å²) in [5.74, 6) is -2.37. The summed E-state index contributed by atoms with van der Waals surface area (Å²) in [6.07, 6.45) is -1.49. The van der Waals surface area contributed by atoms with Crippen molar-refractivity contribution >= 4 is 33.6 Å². The number of pyridine rings is 1. The number of halogens is 4. The van der Waals surface area contributed by atoms with E-state index >= 15 is 0 Å². The van der Waals surface area contributed by atoms with E-state index in [0.29, 0.717) is 54.3 Å². The number of fused-ring (bicyclic) bond motifs is 4. The van der Waals surface area contributed by atoms with Crippen LogP contribution < -0.4 is 5.56 Å². The van der Waals surface area contributed by atoms with Crippen LogP contribution in [0.5, 0.6) is 0 Å². The molecule has 0 unspecified atom stereocenters. The van der Waals surface area contributed by atoms with Crippen LogP contribution in [0.25, 0.3) is 21.8 Å². The number of nitrogens with one attached hydrogen (secondary N) is 2. The maximum absolute atomic E-state index is 14.1. The minimum absolute atomic E-state index is 0.137. The summed E-state index contributed by atoms with van der Waals surface area (Å²) in [6.45, 7) is 3.13. The lowest BCUT2D eigenvalue weighted by atomic mass is 9.86. The monoisotopic (exact) mass is 625 g/mol. The zero-order chi connectivity index (χ0) is 32.0. The quantitative estimate of drug-likeness (QED) is 0.269. The van der Waals surface area contributed by atoms with Gasteiger partial charge < -0.3 is 14.8 Å². The van der Waals surface area contributed by atoms with Crippen molar-refractivity contribution in [3.05, 3.63) is 75.0 Å². The van der Waals surface area contributed by atoms with Crippen LogP contribution in [0.3, 0.4) is 0 Å². The van der Waals surface area contributed by atoms with Crippen molar-refractivity contribution in [2.45, 2.75) is 70.5 Å². The van der Waals surface area contributed by atoms with Gasteiger partial charge in [-0.3, -0.25) is 19.5 Å². The minimum atomic E-state index is -4.61. The first kappa shape index (κ1) is 30.8. The fourth-order valence-corrected chi connectivity index (χ4v) is 6.93. The lowest BCUT2D eigenvalue weighted by Gasteiger charge is -2.35. The summed E-state index contributed by atoms with van der Waals surface area (Å²) in [5.41, 5.74) is 3.60. The summed E-state index contributed by atoms with van der Waals surface area (Å²) in [6, 6.07) is 8.28. The van der Waals surface area contributed by atoms with E-state index in [1.807, 2.05) is 19.9 Å². The maximum Gasteiger partial charge on any atom is 0.406 e. The molecule has 2 N–H and O–H groups in total. The molecule has 2 aromatic carbocycles. The molecule has 2 amide bonds. The molecule has 0 bridgehead atoms. The van der Waals surface area contributed by atoms with Crippen LogP contribution in [-0.4, -0.2) is 62.6 Å². The third kappa shape index (κ3) is 6.19. The maximum atomic E-state index is 14.1. The molecule has 1 fully saturated rings. The number of para-hydroxylation sites is 1. The Balaban J connectivity index is 1.19. The Kier molecular flexibility index (Phi) is 8.17. The van der Waals surface area contributed by atoms with Crippen molar-refractivity contribution in [3.63, 3.8) is 0 Å². The highest BCUT2D eigenvalue weighted by Gasteiger charge is 2.38. The molecular formula is C33H35F4N5O3. The SMILES string of the molecule is CC(C)c1cc2c(c3cn[nH]c13)CN(CC(F)(F)F)C(=O)[C@H](CC(=O)N1CCC(c3cc4cccc(F)c4[nH]c3=O)CC1)CC2. The van der Waals surface area contributed by atoms with E-state index in [4.69, 9.17) is 0 Å². The number of H-pyrrole nitrogens is 2. The first-order valence-electron chi connectivity index (χ1n) is 15.3. The fourth-order valence-electron chi connectivity index (χ4n) is 6.93. The van der Waals surface area contributed by atoms with E-state index in [-0.39, 0.29) is 48.2 Å². The lowest BCUT2D eigenvalue weighted by molar-refractivity contribution is -0.166. The first-order valence-corrected chi connectivity index (χ1v) is 15.3. The number of piperidine rings is 1. The molecule has 0 saturated carbocycles. The summed E-state index contributed by atoms with van der Waals surface area (Å²) >= 11 is 0. The second kappa shape index (κ2) is 11.9. The van der Waals surface area contributed by atoms with Gasteiger partial charge in [-0.25, -0.2) is 4.39 Å². The van der Waals surface area contributed by atoms with Gasteiger partial charge in [-0.15, -0.1) is 0 Å². The van der Waals surface area contributed by atoms with E-state index in [1.165, 1.54) is 6.07 Å². The van der Waals surface area contributed by atoms with Gasteiger partial charge in [0.25, 0.3) is 5.56 Å². The number of carbonyl (C=O) groups is 2. The van der Waals surface area contributed by atoms with Gasteiger partial charge >= 0.3 is 6.18 Å². The normalized spacial score (nSPS) is 18.5. The van der Waals surface area contributed by atoms with E-state index in [0.717, 1.165) is 21.5 Å². The van der Waals surface area contributed by atoms with Crippen molar-refractivity contribution in [1.29, 1.82) is 0 Å². The van der Waals surface area contributed by atoms with Gasteiger partial charge in [-0.2, -0.15) is 18.3 Å². The molecule has 2 aromatic heterocycles. The highest BCUT2D eigenvalue weighted by Crippen LogP contribution is 2.35. The molecule has 0 aliphatic carbocycles. The van der Waals surface area contributed by atoms with E-state index in [2.05, 4.69) is 15.2 Å². The van der Waals surface area contributed by atoms with E-state index in [1.54, 1.807) is 29.3 Å². The first-order chi connectivity index (χ1) is 21.4. The van der Waals surface area contributed by atoms with Gasteiger partial charge in [0.15, 0.2) is 0 Å². The molecule has 1 saturated heterocycles. The largest absolute Gasteiger partial charge is 0.406 e. The van der Waals surface area contributed by atoms with Gasteiger partial charge in [0.05, 0.1) is 17.2 Å². The zero-order valence-corrected chi connectivity index (χ0v) is 25.1. The molecule has 238 valence electrons. The Hall–Kier alpha value is -4.22. The second-order valence-corrected chi connectivity index (χ2v) is 12.6. The number of hydrogen-bond acceptors (Lipinski definition) is 4. The summed E-state index contributed by atoms with van der Waals surface area (Å²) < 4.78 is 55.2. The number of likely N-dealkylation sites (tertiary alicyclic amines) is 1. The molecule has 12 heteroatoms. The van der Waals surface area contributed by atoms with Crippen LogP contribution in [0.2, 0.25) is 0 Å². The molecule has 2 aliphatic rings. The molecule has 8 nitrogen and oxygen atoms in total. The van der Waals surface area contributed by atoms with Crippen LogP contribution >= 0.6 is 0 Å². The molecule has 45 heavy (non-hydrogen) atoms. The van der Waals surface area contributed by atoms with Crippen molar-refractivity contribution in [1.82, 2.24) is 25.0 Å². The number of amides is 2. The van der Waals surface area contributed by atoms with Crippen LogP contribution in [0, 0.1) is 11.7 Å². The predicted octanol–water partition coefficient (Wildman–Crippen LogP) is 5.92. The van der Waals surface area contributed by atoms with Gasteiger partial charge in [0.2, 0.25) is 11.8 Å². The summed E-state index contributed by atoms with van der Waals surface area (Å²) in [4.78, 5) is 44.9. The van der Waals surface area contributed by atoms with Crippen LogP contribution in [0.15, 0.2) is 41.3 Å². The smallest absolute Gasteiger partial charge is 0.343 e. The minimum Gasteiger partial charge on any atom is -0.343 e. The number of hydrogen-bond donors (Lipinski definition) is 2. The average molecular weight is 626 g/mol. The average Bonchev–Trinajstić information content (AvgIpc) is 3.48.